The first-order chi connectivity index (χ1) is 15.2. The number of rotatable bonds is 8. The smallest absolute Gasteiger partial charge is 0.269 e. The third-order valence-corrected chi connectivity index (χ3v) is 5.67. The van der Waals surface area contributed by atoms with Crippen molar-refractivity contribution in [3.63, 3.8) is 0 Å². The number of ketones is 1. The lowest BCUT2D eigenvalue weighted by Gasteiger charge is -2.21. The van der Waals surface area contributed by atoms with Crippen LogP contribution in [0.1, 0.15) is 67.2 Å². The molecule has 3 rings (SSSR count). The summed E-state index contributed by atoms with van der Waals surface area (Å²) in [6.07, 6.45) is 1.22. The molecule has 0 radical (unpaired) electrons. The quantitative estimate of drug-likeness (QED) is 0.240. The van der Waals surface area contributed by atoms with Gasteiger partial charge in [0.05, 0.1) is 11.0 Å². The summed E-state index contributed by atoms with van der Waals surface area (Å²) in [4.78, 5) is 23.6. The van der Waals surface area contributed by atoms with Gasteiger partial charge in [-0.1, -0.05) is 76.2 Å². The third kappa shape index (κ3) is 5.82. The molecule has 1 atom stereocenters. The van der Waals surface area contributed by atoms with E-state index in [1.807, 2.05) is 36.4 Å². The third-order valence-electron chi connectivity index (χ3n) is 5.67. The molecule has 0 aliphatic rings. The summed E-state index contributed by atoms with van der Waals surface area (Å²) >= 11 is 0. The van der Waals surface area contributed by atoms with Crippen LogP contribution in [0.25, 0.3) is 0 Å². The lowest BCUT2D eigenvalue weighted by molar-refractivity contribution is -0.384. The maximum absolute atomic E-state index is 13.1. The Labute approximate surface area is 189 Å². The number of nitro benzene ring substituents is 1. The van der Waals surface area contributed by atoms with Gasteiger partial charge >= 0.3 is 0 Å². The van der Waals surface area contributed by atoms with Crippen molar-refractivity contribution in [3.8, 4) is 0 Å². The number of aryl methyl sites for hydroxylation is 1. The number of anilines is 1. The van der Waals surface area contributed by atoms with Crippen molar-refractivity contribution in [2.24, 2.45) is 0 Å². The normalized spacial score (nSPS) is 12.2. The van der Waals surface area contributed by atoms with E-state index in [1.54, 1.807) is 12.1 Å². The van der Waals surface area contributed by atoms with Gasteiger partial charge < -0.3 is 5.32 Å². The Morgan fingerprint density at radius 3 is 2.03 bits per heavy atom. The van der Waals surface area contributed by atoms with Crippen LogP contribution in [0, 0.1) is 10.1 Å². The van der Waals surface area contributed by atoms with E-state index >= 15 is 0 Å². The first kappa shape index (κ1) is 23.2. The Morgan fingerprint density at radius 2 is 1.53 bits per heavy atom. The number of carbonyl (C=O) groups is 1. The van der Waals surface area contributed by atoms with Crippen molar-refractivity contribution in [3.05, 3.63) is 105 Å². The zero-order chi connectivity index (χ0) is 23.3. The molecule has 3 aromatic carbocycles. The first-order valence-electron chi connectivity index (χ1n) is 10.9. The van der Waals surface area contributed by atoms with Crippen LogP contribution in [0.5, 0.6) is 0 Å². The molecule has 0 unspecified atom stereocenters. The fraction of sp³-hybridized carbons (Fsp3) is 0.296. The maximum atomic E-state index is 13.1. The van der Waals surface area contributed by atoms with Crippen LogP contribution >= 0.6 is 0 Å². The van der Waals surface area contributed by atoms with Crippen molar-refractivity contribution < 1.29 is 9.72 Å². The second kappa shape index (κ2) is 9.77. The van der Waals surface area contributed by atoms with Gasteiger partial charge in [-0.3, -0.25) is 14.9 Å². The summed E-state index contributed by atoms with van der Waals surface area (Å²) in [6, 6.07) is 22.1. The molecular formula is C27H30N2O3. The molecule has 1 N–H and O–H groups in total. The Bertz CT molecular complexity index is 1060. The molecule has 0 saturated carbocycles. The summed E-state index contributed by atoms with van der Waals surface area (Å²) in [7, 11) is 0. The van der Waals surface area contributed by atoms with E-state index < -0.39 is 4.92 Å². The van der Waals surface area contributed by atoms with Crippen LogP contribution in [-0.4, -0.2) is 10.7 Å². The molecule has 3 aromatic rings. The predicted molar refractivity (Wildman–Crippen MR) is 129 cm³/mol. The van der Waals surface area contributed by atoms with E-state index in [1.165, 1.54) is 23.3 Å². The highest BCUT2D eigenvalue weighted by molar-refractivity contribution is 5.96. The molecular weight excluding hydrogens is 400 g/mol. The van der Waals surface area contributed by atoms with E-state index in [-0.39, 0.29) is 29.3 Å². The van der Waals surface area contributed by atoms with Gasteiger partial charge in [0.2, 0.25) is 0 Å². The van der Waals surface area contributed by atoms with Crippen LogP contribution in [0.15, 0.2) is 72.8 Å². The number of hydrogen-bond acceptors (Lipinski definition) is 4. The maximum Gasteiger partial charge on any atom is 0.269 e. The number of non-ortho nitro benzene ring substituents is 1. The number of carbonyl (C=O) groups excluding carboxylic acids is 1. The van der Waals surface area contributed by atoms with Crippen molar-refractivity contribution in [1.82, 2.24) is 0 Å². The molecule has 0 aliphatic carbocycles. The summed E-state index contributed by atoms with van der Waals surface area (Å²) in [5.74, 6) is 0.0458. The highest BCUT2D eigenvalue weighted by Gasteiger charge is 2.19. The van der Waals surface area contributed by atoms with E-state index in [4.69, 9.17) is 0 Å². The van der Waals surface area contributed by atoms with Crippen molar-refractivity contribution in [2.45, 2.75) is 52.0 Å². The van der Waals surface area contributed by atoms with Gasteiger partial charge in [0.25, 0.3) is 5.69 Å². The van der Waals surface area contributed by atoms with Crippen molar-refractivity contribution in [2.75, 3.05) is 5.32 Å². The van der Waals surface area contributed by atoms with Crippen LogP contribution < -0.4 is 5.32 Å². The minimum absolute atomic E-state index is 0.0304. The van der Waals surface area contributed by atoms with Crippen LogP contribution in [0.3, 0.4) is 0 Å². The zero-order valence-corrected chi connectivity index (χ0v) is 19.1. The van der Waals surface area contributed by atoms with Crippen LogP contribution in [0.2, 0.25) is 0 Å². The number of Topliss-reactive ketones (excluding diaryl/α,β-unsaturated/α-hetero) is 1. The van der Waals surface area contributed by atoms with Gasteiger partial charge in [-0.25, -0.2) is 0 Å². The molecule has 0 heterocycles. The van der Waals surface area contributed by atoms with E-state index in [0.29, 0.717) is 5.56 Å². The minimum atomic E-state index is -0.421. The minimum Gasteiger partial charge on any atom is -0.378 e. The lowest BCUT2D eigenvalue weighted by Crippen LogP contribution is -2.16. The number of benzene rings is 3. The van der Waals surface area contributed by atoms with Crippen LogP contribution in [-0.2, 0) is 11.8 Å². The van der Waals surface area contributed by atoms with E-state index in [9.17, 15) is 14.9 Å². The number of nitrogens with one attached hydrogen (secondary N) is 1. The largest absolute Gasteiger partial charge is 0.378 e. The van der Waals surface area contributed by atoms with Crippen molar-refractivity contribution in [1.29, 1.82) is 0 Å². The molecule has 0 saturated heterocycles. The van der Waals surface area contributed by atoms with Gasteiger partial charge in [0, 0.05) is 29.8 Å². The SMILES string of the molecule is CCc1ccc([C@@H](CC(=O)c2ccc(C(C)(C)C)cc2)Nc2ccc([N+](=O)[O-])cc2)cc1. The number of nitro groups is 1. The van der Waals surface area contributed by atoms with Gasteiger partial charge in [0.15, 0.2) is 5.78 Å². The predicted octanol–water partition coefficient (Wildman–Crippen LogP) is 6.88. The monoisotopic (exact) mass is 430 g/mol. The van der Waals surface area contributed by atoms with E-state index in [0.717, 1.165) is 17.7 Å². The summed E-state index contributed by atoms with van der Waals surface area (Å²) in [5.41, 5.74) is 4.89. The number of hydrogen-bond donors (Lipinski definition) is 1. The summed E-state index contributed by atoms with van der Waals surface area (Å²) in [5, 5.41) is 14.3. The van der Waals surface area contributed by atoms with Gasteiger partial charge in [0.1, 0.15) is 0 Å². The van der Waals surface area contributed by atoms with Gasteiger partial charge in [-0.15, -0.1) is 0 Å². The Balaban J connectivity index is 1.84. The topological polar surface area (TPSA) is 72.2 Å². The molecule has 5 heteroatoms. The lowest BCUT2D eigenvalue weighted by atomic mass is 9.86. The average Bonchev–Trinajstić information content (AvgIpc) is 2.78. The first-order valence-corrected chi connectivity index (χ1v) is 10.9. The molecule has 166 valence electrons. The second-order valence-corrected chi connectivity index (χ2v) is 9.05. The molecule has 0 aliphatic heterocycles. The van der Waals surface area contributed by atoms with Gasteiger partial charge in [-0.2, -0.15) is 0 Å². The molecule has 0 fully saturated rings. The molecule has 0 bridgehead atoms. The van der Waals surface area contributed by atoms with Gasteiger partial charge in [-0.05, 0) is 40.7 Å². The Morgan fingerprint density at radius 1 is 0.938 bits per heavy atom. The molecule has 0 aromatic heterocycles. The molecule has 5 nitrogen and oxygen atoms in total. The number of nitrogens with zero attached hydrogens (tertiary/aromatic N) is 1. The summed E-state index contributed by atoms with van der Waals surface area (Å²) < 4.78 is 0. The Hall–Kier alpha value is -3.47. The van der Waals surface area contributed by atoms with Crippen LogP contribution in [0.4, 0.5) is 11.4 Å². The fourth-order valence-electron chi connectivity index (χ4n) is 3.58. The molecule has 0 spiro atoms. The summed E-state index contributed by atoms with van der Waals surface area (Å²) in [6.45, 7) is 8.54. The molecule has 0 amide bonds. The Kier molecular flexibility index (Phi) is 7.08. The average molecular weight is 431 g/mol. The second-order valence-electron chi connectivity index (χ2n) is 9.05. The van der Waals surface area contributed by atoms with Crippen molar-refractivity contribution >= 4 is 17.2 Å². The fourth-order valence-corrected chi connectivity index (χ4v) is 3.58. The standard InChI is InChI=1S/C27H30N2O3/c1-5-19-6-8-20(9-7-19)25(28-23-14-16-24(17-15-23)29(31)32)18-26(30)21-10-12-22(13-11-21)27(2,3)4/h6-17,25,28H,5,18H2,1-4H3/t25-/m1/s1. The highest BCUT2D eigenvalue weighted by atomic mass is 16.6. The van der Waals surface area contributed by atoms with E-state index in [2.05, 4.69) is 45.1 Å². The zero-order valence-electron chi connectivity index (χ0n) is 19.1. The highest BCUT2D eigenvalue weighted by Crippen LogP contribution is 2.27. The molecule has 32 heavy (non-hydrogen) atoms.